The number of carbonyl (C=O) groups is 4. The lowest BCUT2D eigenvalue weighted by Crippen LogP contribution is -2.42. The van der Waals surface area contributed by atoms with Crippen LogP contribution in [-0.2, 0) is 48.2 Å². The molecule has 0 spiro atoms. The number of tetrazole rings is 1. The van der Waals surface area contributed by atoms with Crippen LogP contribution in [-0.4, -0.2) is 70.4 Å². The van der Waals surface area contributed by atoms with Gasteiger partial charge in [0.25, 0.3) is 0 Å². The molecule has 0 unspecified atom stereocenters. The molecule has 13 heteroatoms. The van der Waals surface area contributed by atoms with Gasteiger partial charge in [-0.25, -0.2) is 14.4 Å². The molecule has 1 aromatic heterocycles. The molecule has 178 valence electrons. The number of ether oxygens (including phenoxy) is 3. The van der Waals surface area contributed by atoms with Gasteiger partial charge in [0, 0.05) is 6.42 Å². The number of amides is 2. The summed E-state index contributed by atoms with van der Waals surface area (Å²) in [5, 5.41) is 16.5. The second-order valence-corrected chi connectivity index (χ2v) is 6.87. The van der Waals surface area contributed by atoms with Gasteiger partial charge in [-0.3, -0.25) is 4.79 Å². The third kappa shape index (κ3) is 8.55. The molecule has 1 aromatic carbocycles. The summed E-state index contributed by atoms with van der Waals surface area (Å²) >= 11 is 0. The van der Waals surface area contributed by atoms with E-state index in [1.54, 1.807) is 12.1 Å². The molecular weight excluding hydrogens is 436 g/mol. The van der Waals surface area contributed by atoms with Crippen molar-refractivity contribution in [1.29, 1.82) is 0 Å². The molecule has 0 aliphatic heterocycles. The van der Waals surface area contributed by atoms with Gasteiger partial charge in [0.1, 0.15) is 25.2 Å². The molecule has 0 aliphatic rings. The van der Waals surface area contributed by atoms with E-state index in [2.05, 4.69) is 30.8 Å². The lowest BCUT2D eigenvalue weighted by molar-refractivity contribution is -0.144. The van der Waals surface area contributed by atoms with E-state index in [0.29, 0.717) is 0 Å². The molecule has 0 radical (unpaired) electrons. The minimum Gasteiger partial charge on any atom is -0.467 e. The Balaban J connectivity index is 1.84. The van der Waals surface area contributed by atoms with Crippen molar-refractivity contribution in [1.82, 2.24) is 30.8 Å². The Hall–Kier alpha value is -4.03. The smallest absolute Gasteiger partial charge is 0.408 e. The van der Waals surface area contributed by atoms with E-state index in [1.807, 2.05) is 18.2 Å². The zero-order valence-electron chi connectivity index (χ0n) is 18.5. The van der Waals surface area contributed by atoms with Crippen molar-refractivity contribution in [3.8, 4) is 0 Å². The van der Waals surface area contributed by atoms with Crippen molar-refractivity contribution >= 4 is 23.9 Å². The summed E-state index contributed by atoms with van der Waals surface area (Å²) in [4.78, 5) is 48.5. The van der Waals surface area contributed by atoms with Crippen LogP contribution in [0.1, 0.15) is 24.7 Å². The quantitative estimate of drug-likeness (QED) is 0.336. The maximum absolute atomic E-state index is 12.1. The van der Waals surface area contributed by atoms with Gasteiger partial charge < -0.3 is 24.8 Å². The van der Waals surface area contributed by atoms with Crippen LogP contribution in [0.3, 0.4) is 0 Å². The summed E-state index contributed by atoms with van der Waals surface area (Å²) in [5.41, 5.74) is 0.799. The first-order valence-electron chi connectivity index (χ1n) is 10.0. The first-order valence-corrected chi connectivity index (χ1v) is 10.0. The molecule has 0 aliphatic carbocycles. The average Bonchev–Trinajstić information content (AvgIpc) is 3.26. The molecule has 2 N–H and O–H groups in total. The fraction of sp³-hybridized carbons (Fsp3) is 0.450. The highest BCUT2D eigenvalue weighted by molar-refractivity contribution is 5.83. The first kappa shape index (κ1) is 25.2. The number of hydrogen-bond acceptors (Lipinski definition) is 10. The molecule has 0 fully saturated rings. The van der Waals surface area contributed by atoms with Crippen LogP contribution < -0.4 is 10.6 Å². The van der Waals surface area contributed by atoms with Crippen LogP contribution in [0.15, 0.2) is 30.3 Å². The van der Waals surface area contributed by atoms with E-state index >= 15 is 0 Å². The van der Waals surface area contributed by atoms with E-state index in [9.17, 15) is 19.2 Å². The normalized spacial score (nSPS) is 12.2. The molecule has 13 nitrogen and oxygen atoms in total. The summed E-state index contributed by atoms with van der Waals surface area (Å²) in [6, 6.07) is 7.27. The summed E-state index contributed by atoms with van der Waals surface area (Å²) in [6.07, 6.45) is -0.495. The molecular formula is C20H26N6O7. The van der Waals surface area contributed by atoms with E-state index in [4.69, 9.17) is 9.47 Å². The topological polar surface area (TPSA) is 164 Å². The predicted octanol–water partition coefficient (Wildman–Crippen LogP) is -0.249. The Bertz CT molecular complexity index is 949. The van der Waals surface area contributed by atoms with Crippen LogP contribution in [0.25, 0.3) is 0 Å². The van der Waals surface area contributed by atoms with E-state index in [0.717, 1.165) is 10.4 Å². The van der Waals surface area contributed by atoms with E-state index in [-0.39, 0.29) is 31.8 Å². The fourth-order valence-electron chi connectivity index (χ4n) is 2.67. The molecule has 2 amide bonds. The molecule has 0 saturated carbocycles. The third-order valence-electron chi connectivity index (χ3n) is 4.36. The number of carbonyl (C=O) groups excluding carboxylic acids is 4. The van der Waals surface area contributed by atoms with Gasteiger partial charge in [-0.15, -0.1) is 10.2 Å². The standard InChI is InChI=1S/C20H26N6O7/c1-13(18(28)31-2)21-17(27)11-26-24-16(23-25-26)10-9-15(19(29)32-3)22-20(30)33-12-14-7-5-4-6-8-14/h4-8,13,15H,9-12H2,1-3H3,(H,21,27)(H,22,30)/t13-,15+/m1/s1. The summed E-state index contributed by atoms with van der Waals surface area (Å²) < 4.78 is 14.4. The van der Waals surface area contributed by atoms with Crippen molar-refractivity contribution in [3.63, 3.8) is 0 Å². The number of benzene rings is 1. The minimum absolute atomic E-state index is 0.0487. The maximum atomic E-state index is 12.1. The number of aromatic nitrogens is 4. The highest BCUT2D eigenvalue weighted by Crippen LogP contribution is 2.04. The Morgan fingerprint density at radius 3 is 2.39 bits per heavy atom. The lowest BCUT2D eigenvalue weighted by Gasteiger charge is -2.15. The molecule has 0 saturated heterocycles. The van der Waals surface area contributed by atoms with Gasteiger partial charge in [0.15, 0.2) is 5.82 Å². The minimum atomic E-state index is -0.991. The zero-order valence-corrected chi connectivity index (χ0v) is 18.5. The molecule has 33 heavy (non-hydrogen) atoms. The number of hydrogen-bond donors (Lipinski definition) is 2. The summed E-state index contributed by atoms with van der Waals surface area (Å²) in [5.74, 6) is -1.50. The lowest BCUT2D eigenvalue weighted by atomic mass is 10.1. The van der Waals surface area contributed by atoms with Gasteiger partial charge in [0.2, 0.25) is 5.91 Å². The van der Waals surface area contributed by atoms with Gasteiger partial charge in [0.05, 0.1) is 14.2 Å². The second kappa shape index (κ2) is 12.7. The monoisotopic (exact) mass is 462 g/mol. The van der Waals surface area contributed by atoms with Gasteiger partial charge >= 0.3 is 18.0 Å². The highest BCUT2D eigenvalue weighted by Gasteiger charge is 2.23. The Morgan fingerprint density at radius 1 is 1.03 bits per heavy atom. The van der Waals surface area contributed by atoms with Crippen LogP contribution in [0.5, 0.6) is 0 Å². The van der Waals surface area contributed by atoms with Gasteiger partial charge in [-0.1, -0.05) is 30.3 Å². The molecule has 2 aromatic rings. The van der Waals surface area contributed by atoms with Crippen molar-refractivity contribution < 1.29 is 33.4 Å². The number of alkyl carbamates (subject to hydrolysis) is 1. The molecule has 0 bridgehead atoms. The second-order valence-electron chi connectivity index (χ2n) is 6.87. The predicted molar refractivity (Wildman–Crippen MR) is 111 cm³/mol. The number of nitrogens with one attached hydrogen (secondary N) is 2. The Kier molecular flexibility index (Phi) is 9.74. The van der Waals surface area contributed by atoms with Gasteiger partial charge in [-0.2, -0.15) is 4.80 Å². The number of rotatable bonds is 11. The van der Waals surface area contributed by atoms with Crippen molar-refractivity contribution in [2.24, 2.45) is 0 Å². The van der Waals surface area contributed by atoms with E-state index < -0.39 is 36.0 Å². The molecule has 1 heterocycles. The van der Waals surface area contributed by atoms with Crippen LogP contribution >= 0.6 is 0 Å². The summed E-state index contributed by atoms with van der Waals surface area (Å²) in [6.45, 7) is 1.26. The zero-order chi connectivity index (χ0) is 24.2. The highest BCUT2D eigenvalue weighted by atomic mass is 16.6. The Morgan fingerprint density at radius 2 is 1.73 bits per heavy atom. The van der Waals surface area contributed by atoms with Gasteiger partial charge in [-0.05, 0) is 24.1 Å². The number of methoxy groups -OCH3 is 2. The maximum Gasteiger partial charge on any atom is 0.408 e. The number of nitrogens with zero attached hydrogens (tertiary/aromatic N) is 4. The van der Waals surface area contributed by atoms with Crippen molar-refractivity contribution in [2.75, 3.05) is 14.2 Å². The van der Waals surface area contributed by atoms with Crippen molar-refractivity contribution in [2.45, 2.75) is 45.0 Å². The fourth-order valence-corrected chi connectivity index (χ4v) is 2.67. The average molecular weight is 462 g/mol. The largest absolute Gasteiger partial charge is 0.467 e. The number of aryl methyl sites for hydroxylation is 1. The van der Waals surface area contributed by atoms with Crippen molar-refractivity contribution in [3.05, 3.63) is 41.7 Å². The van der Waals surface area contributed by atoms with Crippen LogP contribution in [0.2, 0.25) is 0 Å². The summed E-state index contributed by atoms with van der Waals surface area (Å²) in [7, 11) is 2.42. The number of esters is 2. The molecule has 2 rings (SSSR count). The first-order chi connectivity index (χ1) is 15.8. The Labute approximate surface area is 189 Å². The molecule has 2 atom stereocenters. The van der Waals surface area contributed by atoms with Crippen LogP contribution in [0.4, 0.5) is 4.79 Å². The van der Waals surface area contributed by atoms with Crippen LogP contribution in [0, 0.1) is 0 Å². The third-order valence-corrected chi connectivity index (χ3v) is 4.36. The van der Waals surface area contributed by atoms with E-state index in [1.165, 1.54) is 21.1 Å². The SMILES string of the molecule is COC(=O)[C@H](CCc1nnn(CC(=O)N[C@H](C)C(=O)OC)n1)NC(=O)OCc1ccccc1.